The van der Waals surface area contributed by atoms with Crippen molar-refractivity contribution in [3.05, 3.63) is 12.2 Å². The van der Waals surface area contributed by atoms with Crippen LogP contribution >= 0.6 is 0 Å². The lowest BCUT2D eigenvalue weighted by Crippen LogP contribution is -2.14. The predicted molar refractivity (Wildman–Crippen MR) is 71.8 cm³/mol. The van der Waals surface area contributed by atoms with Gasteiger partial charge in [0, 0.05) is 12.8 Å². The fourth-order valence-corrected chi connectivity index (χ4v) is 3.26. The first-order chi connectivity index (χ1) is 8.28. The van der Waals surface area contributed by atoms with Crippen LogP contribution < -0.4 is 0 Å². The maximum atomic E-state index is 11.2. The van der Waals surface area contributed by atoms with E-state index >= 15 is 0 Å². The van der Waals surface area contributed by atoms with Crippen LogP contribution in [0.15, 0.2) is 12.2 Å². The third-order valence-electron chi connectivity index (χ3n) is 4.71. The van der Waals surface area contributed by atoms with Crippen LogP contribution in [-0.2, 0) is 4.79 Å². The highest BCUT2D eigenvalue weighted by atomic mass is 16.1. The number of rotatable bonds is 3. The van der Waals surface area contributed by atoms with E-state index in [1.165, 1.54) is 32.1 Å². The highest BCUT2D eigenvalue weighted by molar-refractivity contribution is 5.79. The number of ketones is 1. The van der Waals surface area contributed by atoms with Crippen LogP contribution in [0.2, 0.25) is 0 Å². The fourth-order valence-electron chi connectivity index (χ4n) is 3.26. The molecular weight excluding hydrogens is 208 g/mol. The van der Waals surface area contributed by atoms with Crippen molar-refractivity contribution < 1.29 is 4.79 Å². The van der Waals surface area contributed by atoms with Crippen LogP contribution in [0.4, 0.5) is 0 Å². The Hall–Kier alpha value is -0.590. The van der Waals surface area contributed by atoms with Gasteiger partial charge in [-0.15, -0.1) is 0 Å². The second-order valence-electron chi connectivity index (χ2n) is 5.95. The van der Waals surface area contributed by atoms with Gasteiger partial charge in [0.25, 0.3) is 0 Å². The molecule has 0 spiro atoms. The Morgan fingerprint density at radius 3 is 2.00 bits per heavy atom. The van der Waals surface area contributed by atoms with Gasteiger partial charge in [-0.05, 0) is 56.3 Å². The van der Waals surface area contributed by atoms with Crippen molar-refractivity contribution in [3.63, 3.8) is 0 Å². The van der Waals surface area contributed by atoms with Gasteiger partial charge in [-0.25, -0.2) is 0 Å². The van der Waals surface area contributed by atoms with Gasteiger partial charge in [-0.1, -0.05) is 25.5 Å². The summed E-state index contributed by atoms with van der Waals surface area (Å²) >= 11 is 0. The Kier molecular flexibility index (Phi) is 4.82. The molecule has 96 valence electrons. The van der Waals surface area contributed by atoms with Gasteiger partial charge < -0.3 is 0 Å². The van der Waals surface area contributed by atoms with Crippen LogP contribution in [0.3, 0.4) is 0 Å². The average molecular weight is 234 g/mol. The standard InChI is InChI=1S/C16H26O/c1-2-13-3-5-14(6-4-13)7-8-15-9-11-16(17)12-10-15/h7-8,13-15H,2-6,9-12H2,1H3. The van der Waals surface area contributed by atoms with Gasteiger partial charge in [-0.2, -0.15) is 0 Å². The molecule has 0 amide bonds. The maximum Gasteiger partial charge on any atom is 0.132 e. The predicted octanol–water partition coefficient (Wildman–Crippen LogP) is 4.52. The van der Waals surface area contributed by atoms with Crippen molar-refractivity contribution >= 4 is 5.78 Å². The summed E-state index contributed by atoms with van der Waals surface area (Å²) in [5, 5.41) is 0. The van der Waals surface area contributed by atoms with E-state index in [1.54, 1.807) is 0 Å². The first kappa shape index (κ1) is 12.9. The van der Waals surface area contributed by atoms with Crippen molar-refractivity contribution in [3.8, 4) is 0 Å². The Balaban J connectivity index is 1.72. The summed E-state index contributed by atoms with van der Waals surface area (Å²) < 4.78 is 0. The quantitative estimate of drug-likeness (QED) is 0.656. The van der Waals surface area contributed by atoms with Crippen molar-refractivity contribution in [2.45, 2.75) is 64.7 Å². The molecule has 2 fully saturated rings. The van der Waals surface area contributed by atoms with Crippen molar-refractivity contribution in [2.24, 2.45) is 17.8 Å². The summed E-state index contributed by atoms with van der Waals surface area (Å²) in [7, 11) is 0. The lowest BCUT2D eigenvalue weighted by atomic mass is 9.80. The van der Waals surface area contributed by atoms with Gasteiger partial charge in [0.1, 0.15) is 5.78 Å². The summed E-state index contributed by atoms with van der Waals surface area (Å²) in [5.41, 5.74) is 0. The molecule has 0 saturated heterocycles. The molecular formula is C16H26O. The molecule has 1 nitrogen and oxygen atoms in total. The van der Waals surface area contributed by atoms with Crippen LogP contribution in [0.1, 0.15) is 64.7 Å². The number of hydrogen-bond donors (Lipinski definition) is 0. The summed E-state index contributed by atoms with van der Waals surface area (Å²) in [6, 6.07) is 0. The smallest absolute Gasteiger partial charge is 0.132 e. The van der Waals surface area contributed by atoms with Crippen LogP contribution in [0.5, 0.6) is 0 Å². The minimum absolute atomic E-state index is 0.470. The van der Waals surface area contributed by atoms with Crippen molar-refractivity contribution in [1.29, 1.82) is 0 Å². The molecule has 0 aromatic heterocycles. The van der Waals surface area contributed by atoms with E-state index < -0.39 is 0 Å². The number of allylic oxidation sites excluding steroid dienone is 2. The van der Waals surface area contributed by atoms with Gasteiger partial charge >= 0.3 is 0 Å². The zero-order valence-corrected chi connectivity index (χ0v) is 11.2. The minimum atomic E-state index is 0.470. The highest BCUT2D eigenvalue weighted by Gasteiger charge is 2.19. The van der Waals surface area contributed by atoms with Crippen molar-refractivity contribution in [1.82, 2.24) is 0 Å². The molecule has 2 aliphatic carbocycles. The third-order valence-corrected chi connectivity index (χ3v) is 4.71. The molecule has 2 aliphatic rings. The normalized spacial score (nSPS) is 32.2. The topological polar surface area (TPSA) is 17.1 Å². The van der Waals surface area contributed by atoms with Crippen LogP contribution in [0.25, 0.3) is 0 Å². The minimum Gasteiger partial charge on any atom is -0.300 e. The van der Waals surface area contributed by atoms with E-state index in [2.05, 4.69) is 19.1 Å². The first-order valence-electron chi connectivity index (χ1n) is 7.48. The van der Waals surface area contributed by atoms with E-state index in [0.717, 1.165) is 37.5 Å². The summed E-state index contributed by atoms with van der Waals surface area (Å²) in [6.45, 7) is 2.32. The Bertz CT molecular complexity index is 261. The molecule has 0 aliphatic heterocycles. The molecule has 0 N–H and O–H groups in total. The van der Waals surface area contributed by atoms with Gasteiger partial charge in [-0.3, -0.25) is 4.79 Å². The zero-order valence-electron chi connectivity index (χ0n) is 11.2. The second kappa shape index (κ2) is 6.37. The molecule has 2 saturated carbocycles. The van der Waals surface area contributed by atoms with E-state index in [9.17, 15) is 4.79 Å². The number of carbonyl (C=O) groups is 1. The Labute approximate surface area is 106 Å². The molecule has 0 radical (unpaired) electrons. The van der Waals surface area contributed by atoms with Gasteiger partial charge in [0.15, 0.2) is 0 Å². The van der Waals surface area contributed by atoms with Gasteiger partial charge in [0.05, 0.1) is 0 Å². The molecule has 1 heteroatoms. The van der Waals surface area contributed by atoms with Crippen LogP contribution in [-0.4, -0.2) is 5.78 Å². The maximum absolute atomic E-state index is 11.2. The SMILES string of the molecule is CCC1CCC(C=CC2CCC(=O)CC2)CC1. The Morgan fingerprint density at radius 2 is 1.47 bits per heavy atom. The summed E-state index contributed by atoms with van der Waals surface area (Å²) in [4.78, 5) is 11.2. The molecule has 17 heavy (non-hydrogen) atoms. The largest absolute Gasteiger partial charge is 0.300 e. The number of Topliss-reactive ketones (excluding diaryl/α,β-unsaturated/α-hetero) is 1. The average Bonchev–Trinajstić information content (AvgIpc) is 2.39. The lowest BCUT2D eigenvalue weighted by Gasteiger charge is -2.26. The molecule has 0 unspecified atom stereocenters. The second-order valence-corrected chi connectivity index (χ2v) is 5.95. The zero-order chi connectivity index (χ0) is 12.1. The molecule has 0 bridgehead atoms. The number of carbonyl (C=O) groups excluding carboxylic acids is 1. The van der Waals surface area contributed by atoms with E-state index in [1.807, 2.05) is 0 Å². The van der Waals surface area contributed by atoms with Crippen LogP contribution in [0, 0.1) is 17.8 Å². The number of hydrogen-bond acceptors (Lipinski definition) is 1. The molecule has 0 heterocycles. The van der Waals surface area contributed by atoms with Gasteiger partial charge in [0.2, 0.25) is 0 Å². The van der Waals surface area contributed by atoms with E-state index in [0.29, 0.717) is 11.7 Å². The fraction of sp³-hybridized carbons (Fsp3) is 0.812. The molecule has 2 rings (SSSR count). The summed E-state index contributed by atoms with van der Waals surface area (Å²) in [5.74, 6) is 2.98. The lowest BCUT2D eigenvalue weighted by molar-refractivity contribution is -0.120. The molecule has 0 atom stereocenters. The molecule has 0 aromatic carbocycles. The third kappa shape index (κ3) is 3.97. The highest BCUT2D eigenvalue weighted by Crippen LogP contribution is 2.32. The van der Waals surface area contributed by atoms with E-state index in [-0.39, 0.29) is 0 Å². The first-order valence-corrected chi connectivity index (χ1v) is 7.48. The van der Waals surface area contributed by atoms with Crippen molar-refractivity contribution in [2.75, 3.05) is 0 Å². The Morgan fingerprint density at radius 1 is 0.941 bits per heavy atom. The summed E-state index contributed by atoms with van der Waals surface area (Å²) in [6.07, 6.45) is 15.7. The van der Waals surface area contributed by atoms with E-state index in [4.69, 9.17) is 0 Å². The monoisotopic (exact) mass is 234 g/mol. The molecule has 0 aromatic rings.